The molecule has 0 saturated carbocycles. The van der Waals surface area contributed by atoms with E-state index in [1.165, 1.54) is 18.6 Å². The first kappa shape index (κ1) is 23.7. The molecule has 2 fully saturated rings. The fourth-order valence-corrected chi connectivity index (χ4v) is 5.05. The van der Waals surface area contributed by atoms with E-state index in [1.54, 1.807) is 23.0 Å². The summed E-state index contributed by atoms with van der Waals surface area (Å²) in [5, 5.41) is 4.76. The van der Waals surface area contributed by atoms with Crippen LogP contribution in [0, 0.1) is 18.7 Å². The molecule has 1 amide bonds. The number of carbonyl (C=O) groups excluding carboxylic acids is 1. The zero-order valence-corrected chi connectivity index (χ0v) is 20.3. The number of amides is 1. The second-order valence-corrected chi connectivity index (χ2v) is 9.66. The molecule has 0 radical (unpaired) electrons. The molecule has 5 rings (SSSR count). The molecule has 184 valence electrons. The van der Waals surface area contributed by atoms with Crippen LogP contribution >= 0.6 is 0 Å². The number of nitrogens with zero attached hydrogens (tertiary/aromatic N) is 4. The molecule has 3 heterocycles. The summed E-state index contributed by atoms with van der Waals surface area (Å²) in [6.45, 7) is 8.40. The Labute approximate surface area is 206 Å². The zero-order chi connectivity index (χ0) is 24.2. The number of rotatable bonds is 6. The molecule has 6 nitrogen and oxygen atoms in total. The molecule has 7 heteroatoms. The first-order valence-corrected chi connectivity index (χ1v) is 12.6. The lowest BCUT2D eigenvalue weighted by Gasteiger charge is -2.34. The van der Waals surface area contributed by atoms with Crippen molar-refractivity contribution in [3.8, 4) is 16.9 Å². The van der Waals surface area contributed by atoms with E-state index >= 15 is 0 Å². The van der Waals surface area contributed by atoms with Gasteiger partial charge in [0.1, 0.15) is 11.5 Å². The van der Waals surface area contributed by atoms with E-state index in [1.807, 2.05) is 36.1 Å². The number of hydrogen-bond acceptors (Lipinski definition) is 4. The van der Waals surface area contributed by atoms with Gasteiger partial charge in [-0.25, -0.2) is 9.07 Å². The van der Waals surface area contributed by atoms with Gasteiger partial charge in [-0.3, -0.25) is 9.69 Å². The molecule has 0 aliphatic carbocycles. The van der Waals surface area contributed by atoms with Crippen LogP contribution in [0.25, 0.3) is 16.9 Å². The molecular weight excluding hydrogens is 443 g/mol. The van der Waals surface area contributed by atoms with E-state index < -0.39 is 0 Å². The number of likely N-dealkylation sites (tertiary alicyclic amines) is 1. The van der Waals surface area contributed by atoms with Gasteiger partial charge in [-0.1, -0.05) is 23.8 Å². The number of carbonyl (C=O) groups is 1. The summed E-state index contributed by atoms with van der Waals surface area (Å²) >= 11 is 0. The third-order valence-electron chi connectivity index (χ3n) is 7.19. The Bertz CT molecular complexity index is 1150. The minimum Gasteiger partial charge on any atom is -0.379 e. The number of halogens is 1. The Balaban J connectivity index is 1.31. The second-order valence-electron chi connectivity index (χ2n) is 9.66. The summed E-state index contributed by atoms with van der Waals surface area (Å²) in [7, 11) is 0. The van der Waals surface area contributed by atoms with Gasteiger partial charge >= 0.3 is 0 Å². The molecule has 0 spiro atoms. The molecular formula is C28H33FN4O2. The van der Waals surface area contributed by atoms with E-state index in [-0.39, 0.29) is 11.7 Å². The van der Waals surface area contributed by atoms with Gasteiger partial charge in [0.2, 0.25) is 0 Å². The molecule has 0 atom stereocenters. The van der Waals surface area contributed by atoms with Crippen LogP contribution in [0.2, 0.25) is 0 Å². The lowest BCUT2D eigenvalue weighted by atomic mass is 9.92. The van der Waals surface area contributed by atoms with Gasteiger partial charge in [-0.05, 0) is 69.0 Å². The Morgan fingerprint density at radius 1 is 1.06 bits per heavy atom. The van der Waals surface area contributed by atoms with Crippen LogP contribution in [-0.2, 0) is 4.74 Å². The van der Waals surface area contributed by atoms with E-state index in [4.69, 9.17) is 9.84 Å². The van der Waals surface area contributed by atoms with Gasteiger partial charge in [0.15, 0.2) is 0 Å². The summed E-state index contributed by atoms with van der Waals surface area (Å²) in [6, 6.07) is 14.2. The van der Waals surface area contributed by atoms with Crippen molar-refractivity contribution in [3.05, 3.63) is 71.7 Å². The van der Waals surface area contributed by atoms with Crippen molar-refractivity contribution in [1.29, 1.82) is 0 Å². The molecule has 0 bridgehead atoms. The third-order valence-corrected chi connectivity index (χ3v) is 7.19. The molecule has 0 N–H and O–H groups in total. The number of ether oxygens (including phenoxy) is 1. The highest BCUT2D eigenvalue weighted by Gasteiger charge is 2.28. The highest BCUT2D eigenvalue weighted by Crippen LogP contribution is 2.28. The molecule has 35 heavy (non-hydrogen) atoms. The van der Waals surface area contributed by atoms with Crippen molar-refractivity contribution < 1.29 is 13.9 Å². The standard InChI is InChI=1S/C28H33FN4O2/c1-21-3-2-4-23(19-21)27-26(20-33(30-27)25-7-5-24(29)6-8-25)28(34)32-13-10-22(11-14-32)9-12-31-15-17-35-18-16-31/h2-8,19-20,22H,9-18H2,1H3. The summed E-state index contributed by atoms with van der Waals surface area (Å²) in [6.07, 6.45) is 5.03. The first-order chi connectivity index (χ1) is 17.1. The largest absolute Gasteiger partial charge is 0.379 e. The van der Waals surface area contributed by atoms with Gasteiger partial charge in [0, 0.05) is 37.9 Å². The van der Waals surface area contributed by atoms with Crippen LogP contribution in [0.5, 0.6) is 0 Å². The van der Waals surface area contributed by atoms with Crippen LogP contribution in [0.3, 0.4) is 0 Å². The molecule has 2 aliphatic heterocycles. The van der Waals surface area contributed by atoms with Gasteiger partial charge in [-0.2, -0.15) is 5.10 Å². The molecule has 2 saturated heterocycles. The monoisotopic (exact) mass is 476 g/mol. The van der Waals surface area contributed by atoms with Crippen molar-refractivity contribution in [1.82, 2.24) is 19.6 Å². The Hall–Kier alpha value is -3.03. The van der Waals surface area contributed by atoms with E-state index in [9.17, 15) is 9.18 Å². The number of morpholine rings is 1. The fourth-order valence-electron chi connectivity index (χ4n) is 5.05. The predicted octanol–water partition coefficient (Wildman–Crippen LogP) is 4.56. The van der Waals surface area contributed by atoms with Gasteiger partial charge < -0.3 is 9.64 Å². The van der Waals surface area contributed by atoms with Crippen LogP contribution in [0.4, 0.5) is 4.39 Å². The minimum atomic E-state index is -0.299. The molecule has 3 aromatic rings. The van der Waals surface area contributed by atoms with Gasteiger partial charge in [0.25, 0.3) is 5.91 Å². The summed E-state index contributed by atoms with van der Waals surface area (Å²) < 4.78 is 20.6. The lowest BCUT2D eigenvalue weighted by Crippen LogP contribution is -2.40. The molecule has 0 unspecified atom stereocenters. The summed E-state index contributed by atoms with van der Waals surface area (Å²) in [4.78, 5) is 18.1. The summed E-state index contributed by atoms with van der Waals surface area (Å²) in [5.74, 6) is 0.370. The molecule has 2 aliphatic rings. The van der Waals surface area contributed by atoms with Gasteiger partial charge in [0.05, 0.1) is 24.5 Å². The lowest BCUT2D eigenvalue weighted by molar-refractivity contribution is 0.0332. The highest BCUT2D eigenvalue weighted by atomic mass is 19.1. The third kappa shape index (κ3) is 5.63. The van der Waals surface area contributed by atoms with Crippen molar-refractivity contribution in [2.24, 2.45) is 5.92 Å². The minimum absolute atomic E-state index is 0.0153. The number of benzene rings is 2. The van der Waals surface area contributed by atoms with Crippen LogP contribution in [0.15, 0.2) is 54.7 Å². The predicted molar refractivity (Wildman–Crippen MR) is 134 cm³/mol. The average molecular weight is 477 g/mol. The van der Waals surface area contributed by atoms with Crippen LogP contribution < -0.4 is 0 Å². The number of aryl methyl sites for hydroxylation is 1. The molecule has 2 aromatic carbocycles. The quantitative estimate of drug-likeness (QED) is 0.523. The highest BCUT2D eigenvalue weighted by molar-refractivity contribution is 6.00. The Kier molecular flexibility index (Phi) is 7.25. The van der Waals surface area contributed by atoms with E-state index in [0.717, 1.165) is 75.6 Å². The topological polar surface area (TPSA) is 50.6 Å². The summed E-state index contributed by atoms with van der Waals surface area (Å²) in [5.41, 5.74) is 4.00. The average Bonchev–Trinajstić information content (AvgIpc) is 3.34. The smallest absolute Gasteiger partial charge is 0.257 e. The normalized spacial score (nSPS) is 17.6. The number of hydrogen-bond donors (Lipinski definition) is 0. The first-order valence-electron chi connectivity index (χ1n) is 12.6. The maximum absolute atomic E-state index is 13.7. The maximum Gasteiger partial charge on any atom is 0.257 e. The van der Waals surface area contributed by atoms with Crippen LogP contribution in [0.1, 0.15) is 35.2 Å². The van der Waals surface area contributed by atoms with E-state index in [0.29, 0.717) is 17.2 Å². The maximum atomic E-state index is 13.7. The van der Waals surface area contributed by atoms with Crippen molar-refractivity contribution >= 4 is 5.91 Å². The zero-order valence-electron chi connectivity index (χ0n) is 20.3. The SMILES string of the molecule is Cc1cccc(-c2nn(-c3ccc(F)cc3)cc2C(=O)N2CCC(CCN3CCOCC3)CC2)c1. The second kappa shape index (κ2) is 10.7. The van der Waals surface area contributed by atoms with E-state index in [2.05, 4.69) is 4.90 Å². The molecule has 1 aromatic heterocycles. The van der Waals surface area contributed by atoms with Crippen LogP contribution in [-0.4, -0.2) is 71.4 Å². The Morgan fingerprint density at radius 3 is 2.51 bits per heavy atom. The Morgan fingerprint density at radius 2 is 1.80 bits per heavy atom. The number of piperidine rings is 1. The number of aromatic nitrogens is 2. The van der Waals surface area contributed by atoms with Crippen molar-refractivity contribution in [2.45, 2.75) is 26.2 Å². The van der Waals surface area contributed by atoms with Gasteiger partial charge in [-0.15, -0.1) is 0 Å². The van der Waals surface area contributed by atoms with Crippen molar-refractivity contribution in [2.75, 3.05) is 45.9 Å². The van der Waals surface area contributed by atoms with Crippen molar-refractivity contribution in [3.63, 3.8) is 0 Å². The fraction of sp³-hybridized carbons (Fsp3) is 0.429.